The van der Waals surface area contributed by atoms with Gasteiger partial charge in [0, 0.05) is 49.4 Å². The predicted octanol–water partition coefficient (Wildman–Crippen LogP) is 2.34. The number of aryl methyl sites for hydroxylation is 1. The average Bonchev–Trinajstić information content (AvgIpc) is 3.28. The Bertz CT molecular complexity index is 917. The van der Waals surface area contributed by atoms with Crippen molar-refractivity contribution >= 4 is 22.8 Å². The zero-order valence-corrected chi connectivity index (χ0v) is 15.2. The normalized spacial score (nSPS) is 21.0. The molecule has 3 aromatic rings. The minimum Gasteiger partial charge on any atom is -0.343 e. The highest BCUT2D eigenvalue weighted by Gasteiger charge is 2.42. The van der Waals surface area contributed by atoms with Gasteiger partial charge in [0.2, 0.25) is 5.91 Å². The quantitative estimate of drug-likeness (QED) is 0.780. The van der Waals surface area contributed by atoms with Crippen molar-refractivity contribution in [1.29, 1.82) is 0 Å². The van der Waals surface area contributed by atoms with Crippen molar-refractivity contribution in [1.82, 2.24) is 24.8 Å². The van der Waals surface area contributed by atoms with E-state index in [-0.39, 0.29) is 11.4 Å². The lowest BCUT2D eigenvalue weighted by atomic mass is 9.99. The van der Waals surface area contributed by atoms with Gasteiger partial charge in [-0.2, -0.15) is 5.10 Å². The maximum atomic E-state index is 11.8. The summed E-state index contributed by atoms with van der Waals surface area (Å²) in [5.74, 6) is -0.00862. The fourth-order valence-electron chi connectivity index (χ4n) is 3.61. The van der Waals surface area contributed by atoms with Gasteiger partial charge in [-0.3, -0.25) is 9.69 Å². The van der Waals surface area contributed by atoms with E-state index in [9.17, 15) is 4.79 Å². The van der Waals surface area contributed by atoms with Crippen molar-refractivity contribution in [2.75, 3.05) is 13.1 Å². The second-order valence-electron chi connectivity index (χ2n) is 6.72. The van der Waals surface area contributed by atoms with Gasteiger partial charge in [-0.15, -0.1) is 11.3 Å². The molecule has 1 aliphatic heterocycles. The zero-order valence-electron chi connectivity index (χ0n) is 14.4. The number of nitrogens with one attached hydrogen (secondary N) is 1. The molecule has 0 bridgehead atoms. The lowest BCUT2D eigenvalue weighted by molar-refractivity contribution is -0.120. The lowest BCUT2D eigenvalue weighted by Crippen LogP contribution is -2.47. The second-order valence-corrected chi connectivity index (χ2v) is 7.58. The van der Waals surface area contributed by atoms with E-state index in [4.69, 9.17) is 0 Å². The van der Waals surface area contributed by atoms with Crippen LogP contribution < -0.4 is 5.32 Å². The number of hydrogen-bond donors (Lipinski definition) is 1. The van der Waals surface area contributed by atoms with Gasteiger partial charge >= 0.3 is 0 Å². The third kappa shape index (κ3) is 3.05. The second kappa shape index (κ2) is 6.24. The number of carbonyl (C=O) groups is 1. The first-order valence-electron chi connectivity index (χ1n) is 8.41. The summed E-state index contributed by atoms with van der Waals surface area (Å²) in [5, 5.41) is 10.6. The summed E-state index contributed by atoms with van der Waals surface area (Å²) in [6.45, 7) is 6.08. The van der Waals surface area contributed by atoms with Crippen molar-refractivity contribution in [3.8, 4) is 0 Å². The van der Waals surface area contributed by atoms with Crippen molar-refractivity contribution in [3.63, 3.8) is 0 Å². The minimum absolute atomic E-state index is 0.00862. The number of carbonyl (C=O) groups excluding carboxylic acids is 1. The molecule has 1 N–H and O–H groups in total. The number of aromatic nitrogens is 3. The minimum atomic E-state index is -0.381. The third-order valence-corrected chi connectivity index (χ3v) is 5.86. The van der Waals surface area contributed by atoms with Gasteiger partial charge in [0.1, 0.15) is 10.5 Å². The first-order chi connectivity index (χ1) is 12.1. The van der Waals surface area contributed by atoms with E-state index in [1.165, 1.54) is 5.56 Å². The summed E-state index contributed by atoms with van der Waals surface area (Å²) in [4.78, 5) is 18.8. The van der Waals surface area contributed by atoms with Crippen LogP contribution in [0.25, 0.3) is 5.52 Å². The molecule has 1 atom stereocenters. The Morgan fingerprint density at radius 2 is 2.32 bits per heavy atom. The van der Waals surface area contributed by atoms with Crippen LogP contribution in [0.3, 0.4) is 0 Å². The lowest BCUT2D eigenvalue weighted by Gasteiger charge is -2.28. The Morgan fingerprint density at radius 1 is 1.44 bits per heavy atom. The van der Waals surface area contributed by atoms with Crippen LogP contribution in [0.4, 0.5) is 0 Å². The van der Waals surface area contributed by atoms with Crippen LogP contribution in [0, 0.1) is 6.92 Å². The van der Waals surface area contributed by atoms with Gasteiger partial charge < -0.3 is 5.32 Å². The largest absolute Gasteiger partial charge is 0.343 e. The summed E-state index contributed by atoms with van der Waals surface area (Å²) in [7, 11) is 0. The molecular weight excluding hydrogens is 334 g/mol. The molecule has 7 heteroatoms. The fourth-order valence-corrected chi connectivity index (χ4v) is 4.59. The molecule has 1 aliphatic rings. The molecule has 0 aromatic carbocycles. The Labute approximate surface area is 150 Å². The van der Waals surface area contributed by atoms with Gasteiger partial charge in [0.25, 0.3) is 0 Å². The van der Waals surface area contributed by atoms with Gasteiger partial charge in [-0.1, -0.05) is 6.07 Å². The van der Waals surface area contributed by atoms with E-state index >= 15 is 0 Å². The molecule has 130 valence electrons. The van der Waals surface area contributed by atoms with E-state index in [1.807, 2.05) is 41.3 Å². The molecule has 4 rings (SSSR count). The molecular formula is C18H21N5OS. The summed E-state index contributed by atoms with van der Waals surface area (Å²) in [6.07, 6.45) is 4.77. The molecule has 0 radical (unpaired) electrons. The number of thiazole rings is 1. The van der Waals surface area contributed by atoms with Gasteiger partial charge in [-0.05, 0) is 25.5 Å². The topological polar surface area (TPSA) is 62.5 Å². The predicted molar refractivity (Wildman–Crippen MR) is 97.4 cm³/mol. The number of likely N-dealkylation sites (tertiary alicyclic amines) is 1. The van der Waals surface area contributed by atoms with Crippen LogP contribution in [0.1, 0.15) is 29.6 Å². The Hall–Kier alpha value is -2.25. The SMILES string of the molecule is CC(=O)NC1(c2nc(C)cs2)CCN(Cc2cnn3ccccc23)C1. The Morgan fingerprint density at radius 3 is 3.08 bits per heavy atom. The Kier molecular flexibility index (Phi) is 4.05. The van der Waals surface area contributed by atoms with Crippen LogP contribution in [0.2, 0.25) is 0 Å². The van der Waals surface area contributed by atoms with Crippen LogP contribution in [-0.2, 0) is 16.9 Å². The first kappa shape index (κ1) is 16.2. The third-order valence-electron chi connectivity index (χ3n) is 4.69. The smallest absolute Gasteiger partial charge is 0.217 e. The van der Waals surface area contributed by atoms with E-state index in [0.717, 1.165) is 42.3 Å². The summed E-state index contributed by atoms with van der Waals surface area (Å²) < 4.78 is 1.90. The van der Waals surface area contributed by atoms with E-state index in [2.05, 4.69) is 26.4 Å². The molecule has 1 unspecified atom stereocenters. The molecule has 3 aromatic heterocycles. The summed E-state index contributed by atoms with van der Waals surface area (Å²) in [6, 6.07) is 6.10. The number of nitrogens with zero attached hydrogens (tertiary/aromatic N) is 4. The van der Waals surface area contributed by atoms with Gasteiger partial charge in [0.15, 0.2) is 0 Å². The molecule has 1 amide bonds. The monoisotopic (exact) mass is 355 g/mol. The number of hydrogen-bond acceptors (Lipinski definition) is 5. The molecule has 1 saturated heterocycles. The molecule has 0 saturated carbocycles. The number of fused-ring (bicyclic) bond motifs is 1. The molecule has 0 aliphatic carbocycles. The van der Waals surface area contributed by atoms with Gasteiger partial charge in [0.05, 0.1) is 11.7 Å². The van der Waals surface area contributed by atoms with Crippen LogP contribution in [0.15, 0.2) is 36.0 Å². The number of rotatable bonds is 4. The van der Waals surface area contributed by atoms with Crippen molar-refractivity contribution < 1.29 is 4.79 Å². The molecule has 0 spiro atoms. The fraction of sp³-hybridized carbons (Fsp3) is 0.389. The maximum absolute atomic E-state index is 11.8. The highest BCUT2D eigenvalue weighted by Crippen LogP contribution is 2.35. The zero-order chi connectivity index (χ0) is 17.4. The van der Waals surface area contributed by atoms with Gasteiger partial charge in [-0.25, -0.2) is 9.50 Å². The maximum Gasteiger partial charge on any atom is 0.217 e. The Balaban J connectivity index is 1.58. The molecule has 25 heavy (non-hydrogen) atoms. The number of amides is 1. The standard InChI is InChI=1S/C18H21N5OS/c1-13-11-25-17(20-13)18(21-14(2)24)6-8-22(12-18)10-15-9-19-23-7-4-3-5-16(15)23/h3-5,7,9,11H,6,8,10,12H2,1-2H3,(H,21,24). The first-order valence-corrected chi connectivity index (χ1v) is 9.29. The summed E-state index contributed by atoms with van der Waals surface area (Å²) in [5.41, 5.74) is 2.96. The number of pyridine rings is 1. The van der Waals surface area contributed by atoms with Crippen LogP contribution in [0.5, 0.6) is 0 Å². The van der Waals surface area contributed by atoms with E-state index < -0.39 is 0 Å². The van der Waals surface area contributed by atoms with Crippen molar-refractivity contribution in [2.24, 2.45) is 0 Å². The average molecular weight is 355 g/mol. The molecule has 4 heterocycles. The van der Waals surface area contributed by atoms with Crippen LogP contribution >= 0.6 is 11.3 Å². The van der Waals surface area contributed by atoms with E-state index in [0.29, 0.717) is 0 Å². The highest BCUT2D eigenvalue weighted by atomic mass is 32.1. The van der Waals surface area contributed by atoms with Crippen LogP contribution in [-0.4, -0.2) is 38.5 Å². The molecule has 1 fully saturated rings. The van der Waals surface area contributed by atoms with E-state index in [1.54, 1.807) is 18.3 Å². The molecule has 6 nitrogen and oxygen atoms in total. The summed E-state index contributed by atoms with van der Waals surface area (Å²) >= 11 is 1.63. The van der Waals surface area contributed by atoms with Crippen molar-refractivity contribution in [3.05, 3.63) is 52.2 Å². The highest BCUT2D eigenvalue weighted by molar-refractivity contribution is 7.09. The van der Waals surface area contributed by atoms with Crippen molar-refractivity contribution in [2.45, 2.75) is 32.4 Å².